The first kappa shape index (κ1) is 20.1. The molecule has 3 rings (SSSR count). The monoisotopic (exact) mass is 404 g/mol. The highest BCUT2D eigenvalue weighted by molar-refractivity contribution is 6.34. The maximum absolute atomic E-state index is 12.4. The Labute approximate surface area is 172 Å². The van der Waals surface area contributed by atoms with E-state index < -0.39 is 5.56 Å². The number of hydrogen-bond donors (Lipinski definition) is 1. The number of nitrogens with zero attached hydrogens (tertiary/aromatic N) is 3. The molecule has 1 heterocycles. The topological polar surface area (TPSA) is 87.2 Å². The van der Waals surface area contributed by atoms with Crippen molar-refractivity contribution in [3.8, 4) is 6.07 Å². The summed E-state index contributed by atoms with van der Waals surface area (Å²) in [6.07, 6.45) is 1.50. The number of nitriles is 1. The third kappa shape index (κ3) is 4.42. The highest BCUT2D eigenvalue weighted by Gasteiger charge is 2.11. The van der Waals surface area contributed by atoms with Crippen LogP contribution in [0.4, 0.5) is 5.69 Å². The van der Waals surface area contributed by atoms with Crippen LogP contribution in [0.1, 0.15) is 32.7 Å². The van der Waals surface area contributed by atoms with Crippen molar-refractivity contribution >= 4 is 29.4 Å². The Morgan fingerprint density at radius 1 is 1.17 bits per heavy atom. The second-order valence-electron chi connectivity index (χ2n) is 6.38. The maximum atomic E-state index is 12.4. The summed E-state index contributed by atoms with van der Waals surface area (Å²) in [5.41, 5.74) is 2.44. The summed E-state index contributed by atoms with van der Waals surface area (Å²) in [7, 11) is 0. The Bertz CT molecular complexity index is 1220. The molecular formula is C22H17ClN4O2. The second-order valence-corrected chi connectivity index (χ2v) is 6.78. The Hall–Kier alpha value is -3.69. The zero-order valence-corrected chi connectivity index (χ0v) is 16.6. The molecule has 0 saturated heterocycles. The zero-order chi connectivity index (χ0) is 21.0. The molecule has 3 aromatic rings. The Morgan fingerprint density at radius 3 is 2.66 bits per heavy atom. The van der Waals surface area contributed by atoms with Gasteiger partial charge in [0.1, 0.15) is 11.6 Å². The number of rotatable bonds is 4. The molecule has 0 fully saturated rings. The van der Waals surface area contributed by atoms with E-state index in [1.807, 2.05) is 6.07 Å². The number of carbonyl (C=O) groups is 1. The minimum atomic E-state index is -0.468. The molecule has 6 nitrogen and oxygen atoms in total. The molecule has 0 bridgehead atoms. The molecule has 1 N–H and O–H groups in total. The van der Waals surface area contributed by atoms with Gasteiger partial charge in [-0.05, 0) is 55.3 Å². The quantitative estimate of drug-likeness (QED) is 0.663. The van der Waals surface area contributed by atoms with Crippen molar-refractivity contribution in [2.24, 2.45) is 5.10 Å². The minimum Gasteiger partial charge on any atom is -0.322 e. The Morgan fingerprint density at radius 2 is 1.93 bits per heavy atom. The lowest BCUT2D eigenvalue weighted by Crippen LogP contribution is -2.22. The fourth-order valence-corrected chi connectivity index (χ4v) is 3.05. The van der Waals surface area contributed by atoms with Gasteiger partial charge in [-0.1, -0.05) is 35.9 Å². The summed E-state index contributed by atoms with van der Waals surface area (Å²) in [4.78, 5) is 24.8. The number of halogens is 1. The fourth-order valence-electron chi connectivity index (χ4n) is 2.83. The molecule has 29 heavy (non-hydrogen) atoms. The van der Waals surface area contributed by atoms with Crippen molar-refractivity contribution in [2.75, 3.05) is 5.32 Å². The van der Waals surface area contributed by atoms with Gasteiger partial charge in [-0.25, -0.2) is 4.68 Å². The van der Waals surface area contributed by atoms with E-state index in [9.17, 15) is 9.59 Å². The number of anilines is 1. The summed E-state index contributed by atoms with van der Waals surface area (Å²) in [6, 6.07) is 17.4. The van der Waals surface area contributed by atoms with Gasteiger partial charge in [-0.3, -0.25) is 9.59 Å². The van der Waals surface area contributed by atoms with Crippen LogP contribution < -0.4 is 10.9 Å². The minimum absolute atomic E-state index is 0.0634. The Balaban J connectivity index is 1.86. The maximum Gasteiger partial charge on any atom is 0.289 e. The van der Waals surface area contributed by atoms with Gasteiger partial charge in [0, 0.05) is 11.4 Å². The lowest BCUT2D eigenvalue weighted by molar-refractivity contribution is 0.102. The Kier molecular flexibility index (Phi) is 5.91. The standard InChI is InChI=1S/C22H17ClN4O2/c1-14-10-15(2)27(22(29)19(14)12-24)25-13-16-6-5-7-17(11-16)26-21(28)18-8-3-4-9-20(18)23/h3-11,13H,1-2H3,(H,26,28)/b25-13+. The predicted octanol–water partition coefficient (Wildman–Crippen LogP) is 4.12. The van der Waals surface area contributed by atoms with Gasteiger partial charge in [-0.2, -0.15) is 10.4 Å². The highest BCUT2D eigenvalue weighted by Crippen LogP contribution is 2.17. The molecule has 0 unspecified atom stereocenters. The first-order valence-corrected chi connectivity index (χ1v) is 9.12. The summed E-state index contributed by atoms with van der Waals surface area (Å²) in [6.45, 7) is 3.46. The van der Waals surface area contributed by atoms with Crippen LogP contribution in [0.25, 0.3) is 0 Å². The number of benzene rings is 2. The zero-order valence-electron chi connectivity index (χ0n) is 15.8. The first-order chi connectivity index (χ1) is 13.9. The SMILES string of the molecule is Cc1cc(C)n(/N=C/c2cccc(NC(=O)c3ccccc3Cl)c2)c(=O)c1C#N. The lowest BCUT2D eigenvalue weighted by Gasteiger charge is -2.08. The van der Waals surface area contributed by atoms with E-state index in [0.29, 0.717) is 33.1 Å². The van der Waals surface area contributed by atoms with Gasteiger partial charge >= 0.3 is 0 Å². The normalized spacial score (nSPS) is 10.7. The van der Waals surface area contributed by atoms with Crippen LogP contribution in [0.5, 0.6) is 0 Å². The van der Waals surface area contributed by atoms with Crippen LogP contribution in [0.2, 0.25) is 5.02 Å². The lowest BCUT2D eigenvalue weighted by atomic mass is 10.1. The molecule has 1 amide bonds. The van der Waals surface area contributed by atoms with Gasteiger partial charge < -0.3 is 5.32 Å². The second kappa shape index (κ2) is 8.55. The molecule has 144 valence electrons. The van der Waals surface area contributed by atoms with Gasteiger partial charge in [0.05, 0.1) is 16.8 Å². The van der Waals surface area contributed by atoms with Crippen molar-refractivity contribution < 1.29 is 4.79 Å². The number of aromatic nitrogens is 1. The number of hydrogen-bond acceptors (Lipinski definition) is 4. The number of pyridine rings is 1. The summed E-state index contributed by atoms with van der Waals surface area (Å²) in [5, 5.41) is 16.5. The molecule has 0 radical (unpaired) electrons. The van der Waals surface area contributed by atoms with Crippen LogP contribution >= 0.6 is 11.6 Å². The molecule has 0 saturated carbocycles. The van der Waals surface area contributed by atoms with Gasteiger partial charge in [0.25, 0.3) is 11.5 Å². The van der Waals surface area contributed by atoms with Gasteiger partial charge in [-0.15, -0.1) is 0 Å². The van der Waals surface area contributed by atoms with Crippen LogP contribution in [-0.4, -0.2) is 16.8 Å². The van der Waals surface area contributed by atoms with E-state index >= 15 is 0 Å². The van der Waals surface area contributed by atoms with Gasteiger partial charge in [0.2, 0.25) is 0 Å². The molecule has 0 spiro atoms. The van der Waals surface area contributed by atoms with E-state index in [-0.39, 0.29) is 11.5 Å². The predicted molar refractivity (Wildman–Crippen MR) is 114 cm³/mol. The van der Waals surface area contributed by atoms with Crippen molar-refractivity contribution in [1.29, 1.82) is 5.26 Å². The third-order valence-electron chi connectivity index (χ3n) is 4.26. The van der Waals surface area contributed by atoms with E-state index in [1.165, 1.54) is 10.9 Å². The average molecular weight is 405 g/mol. The summed E-state index contributed by atoms with van der Waals surface area (Å²) in [5.74, 6) is -0.325. The third-order valence-corrected chi connectivity index (χ3v) is 4.59. The van der Waals surface area contributed by atoms with Crippen LogP contribution in [0, 0.1) is 25.2 Å². The van der Waals surface area contributed by atoms with E-state index in [0.717, 1.165) is 0 Å². The number of aryl methyl sites for hydroxylation is 2. The van der Waals surface area contributed by atoms with Crippen LogP contribution in [0.3, 0.4) is 0 Å². The number of amides is 1. The summed E-state index contributed by atoms with van der Waals surface area (Å²) >= 11 is 6.06. The van der Waals surface area contributed by atoms with E-state index in [2.05, 4.69) is 10.4 Å². The number of carbonyl (C=O) groups excluding carboxylic acids is 1. The average Bonchev–Trinajstić information content (AvgIpc) is 2.68. The molecule has 0 aliphatic carbocycles. The van der Waals surface area contributed by atoms with Crippen LogP contribution in [0.15, 0.2) is 64.5 Å². The van der Waals surface area contributed by atoms with Crippen molar-refractivity contribution in [1.82, 2.24) is 4.68 Å². The summed E-state index contributed by atoms with van der Waals surface area (Å²) < 4.78 is 1.18. The van der Waals surface area contributed by atoms with E-state index in [1.54, 1.807) is 68.4 Å². The molecular weight excluding hydrogens is 388 g/mol. The number of nitrogens with one attached hydrogen (secondary N) is 1. The molecule has 0 aliphatic rings. The van der Waals surface area contributed by atoms with E-state index in [4.69, 9.17) is 16.9 Å². The molecule has 2 aromatic carbocycles. The van der Waals surface area contributed by atoms with Gasteiger partial charge in [0.15, 0.2) is 0 Å². The smallest absolute Gasteiger partial charge is 0.289 e. The molecule has 0 aliphatic heterocycles. The van der Waals surface area contributed by atoms with Crippen molar-refractivity contribution in [3.63, 3.8) is 0 Å². The molecule has 7 heteroatoms. The van der Waals surface area contributed by atoms with Crippen LogP contribution in [-0.2, 0) is 0 Å². The van der Waals surface area contributed by atoms with Crippen molar-refractivity contribution in [2.45, 2.75) is 13.8 Å². The largest absolute Gasteiger partial charge is 0.322 e. The highest BCUT2D eigenvalue weighted by atomic mass is 35.5. The fraction of sp³-hybridized carbons (Fsp3) is 0.0909. The first-order valence-electron chi connectivity index (χ1n) is 8.74. The molecule has 1 aromatic heterocycles. The molecule has 0 atom stereocenters. The van der Waals surface area contributed by atoms with Crippen molar-refractivity contribution in [3.05, 3.63) is 97.9 Å².